The van der Waals surface area contributed by atoms with E-state index < -0.39 is 33.9 Å². The van der Waals surface area contributed by atoms with Crippen molar-refractivity contribution >= 4 is 39.7 Å². The lowest BCUT2D eigenvalue weighted by atomic mass is 9.70. The number of fused-ring (bicyclic) bond motifs is 3. The van der Waals surface area contributed by atoms with Crippen molar-refractivity contribution in [3.05, 3.63) is 82.0 Å². The second-order valence-corrected chi connectivity index (χ2v) is 15.1. The number of halogens is 1. The van der Waals surface area contributed by atoms with Gasteiger partial charge in [0.2, 0.25) is 5.88 Å². The van der Waals surface area contributed by atoms with E-state index in [9.17, 15) is 18.9 Å². The van der Waals surface area contributed by atoms with Crippen LogP contribution in [0.2, 0.25) is 5.02 Å². The Kier molecular flexibility index (Phi) is 11.0. The first-order valence-corrected chi connectivity index (χ1v) is 18.5. The van der Waals surface area contributed by atoms with Crippen LogP contribution in [0.3, 0.4) is 0 Å². The van der Waals surface area contributed by atoms with Crippen LogP contribution in [0.4, 0.5) is 5.69 Å². The molecule has 0 radical (unpaired) electrons. The van der Waals surface area contributed by atoms with Gasteiger partial charge in [-0.25, -0.2) is 0 Å². The molecular formula is C36H44ClN5O6S. The first kappa shape index (κ1) is 35.0. The Morgan fingerprint density at radius 2 is 2.00 bits per heavy atom. The first-order chi connectivity index (χ1) is 23.6. The van der Waals surface area contributed by atoms with Gasteiger partial charge >= 0.3 is 0 Å². The van der Waals surface area contributed by atoms with Crippen molar-refractivity contribution in [3.8, 4) is 11.6 Å². The number of aliphatic hydroxyl groups is 1. The van der Waals surface area contributed by atoms with Gasteiger partial charge in [-0.15, -0.1) is 5.10 Å². The van der Waals surface area contributed by atoms with E-state index in [-0.39, 0.29) is 34.8 Å². The van der Waals surface area contributed by atoms with Crippen molar-refractivity contribution in [2.24, 2.45) is 29.2 Å². The standard InChI is InChI=1S/C36H44ClN5O6S/c1-22-7-6-9-31(43)28-14-11-26(28)20-42-19-25-10-13-27(37)17-23(25)8-4-5-16-48-32-15-12-24(18-30(32)42)33(44)40-49(46)36(22)38-34(45)29-21-41(2)39-35(29)47-3/h6,9-10,12-13,15,17-18,21-22,26,28,31,36,43,49H,4-5,7-8,11,14,16,19-20H2,1-3H3,(H,38,45)/b9-6+/t22-,26-,28+,31-,36?/m0/s1. The number of ether oxygens (including phenoxy) is 2. The summed E-state index contributed by atoms with van der Waals surface area (Å²) in [6, 6.07) is 11.2. The molecule has 6 atom stereocenters. The smallest absolute Gasteiger partial charge is 0.285 e. The van der Waals surface area contributed by atoms with Gasteiger partial charge in [-0.05, 0) is 97.7 Å². The van der Waals surface area contributed by atoms with Gasteiger partial charge in [0.05, 0.1) is 36.1 Å². The zero-order chi connectivity index (χ0) is 34.7. The number of aryl methyl sites for hydroxylation is 2. The molecule has 2 unspecified atom stereocenters. The van der Waals surface area contributed by atoms with Crippen molar-refractivity contribution < 1.29 is 28.4 Å². The van der Waals surface area contributed by atoms with Gasteiger partial charge in [0.25, 0.3) is 11.8 Å². The van der Waals surface area contributed by atoms with E-state index in [4.69, 9.17) is 21.1 Å². The summed E-state index contributed by atoms with van der Waals surface area (Å²) < 4.78 is 31.1. The third-order valence-electron chi connectivity index (χ3n) is 9.86. The van der Waals surface area contributed by atoms with Gasteiger partial charge in [-0.1, -0.05) is 36.7 Å². The molecule has 3 heterocycles. The van der Waals surface area contributed by atoms with Crippen molar-refractivity contribution in [1.82, 2.24) is 15.1 Å². The first-order valence-electron chi connectivity index (χ1n) is 16.9. The number of aliphatic hydroxyl groups excluding tert-OH is 1. The number of rotatable bonds is 3. The molecule has 6 rings (SSSR count). The van der Waals surface area contributed by atoms with Gasteiger partial charge < -0.3 is 24.8 Å². The Morgan fingerprint density at radius 1 is 1.16 bits per heavy atom. The number of nitrogens with one attached hydrogen (secondary N) is 1. The van der Waals surface area contributed by atoms with E-state index in [2.05, 4.69) is 25.7 Å². The molecule has 2 amide bonds. The van der Waals surface area contributed by atoms with E-state index in [0.717, 1.165) is 43.4 Å². The minimum Gasteiger partial charge on any atom is -0.491 e. The fraction of sp³-hybridized carbons (Fsp3) is 0.472. The van der Waals surface area contributed by atoms with Crippen molar-refractivity contribution in [3.63, 3.8) is 0 Å². The van der Waals surface area contributed by atoms with E-state index in [1.54, 1.807) is 31.3 Å². The summed E-state index contributed by atoms with van der Waals surface area (Å²) in [5.41, 5.74) is 3.51. The van der Waals surface area contributed by atoms with Crippen LogP contribution >= 0.6 is 11.6 Å². The van der Waals surface area contributed by atoms with Crippen LogP contribution in [0.15, 0.2) is 59.1 Å². The van der Waals surface area contributed by atoms with Gasteiger partial charge in [0.1, 0.15) is 16.7 Å². The average molecular weight is 710 g/mol. The predicted octanol–water partition coefficient (Wildman–Crippen LogP) is 5.35. The van der Waals surface area contributed by atoms with Crippen molar-refractivity contribution in [2.75, 3.05) is 25.2 Å². The highest BCUT2D eigenvalue weighted by molar-refractivity contribution is 7.76. The predicted molar refractivity (Wildman–Crippen MR) is 190 cm³/mol. The molecule has 2 aromatic carbocycles. The van der Waals surface area contributed by atoms with Gasteiger partial charge in [-0.3, -0.25) is 18.5 Å². The molecule has 1 saturated carbocycles. The minimum absolute atomic E-state index is 0.0525. The minimum atomic E-state index is -2.61. The number of aromatic nitrogens is 2. The molecule has 3 aromatic rings. The highest BCUT2D eigenvalue weighted by Crippen LogP contribution is 2.41. The fourth-order valence-electron chi connectivity index (χ4n) is 6.92. The Morgan fingerprint density at radius 3 is 2.78 bits per heavy atom. The Bertz CT molecular complexity index is 1820. The lowest BCUT2D eigenvalue weighted by Gasteiger charge is -2.42. The molecule has 2 N–H and O–H groups in total. The molecule has 13 heteroatoms. The molecule has 1 fully saturated rings. The zero-order valence-electron chi connectivity index (χ0n) is 28.0. The lowest BCUT2D eigenvalue weighted by Crippen LogP contribution is -2.43. The van der Waals surface area contributed by atoms with Crippen LogP contribution in [0.5, 0.6) is 11.6 Å². The van der Waals surface area contributed by atoms with Crippen molar-refractivity contribution in [1.29, 1.82) is 0 Å². The summed E-state index contributed by atoms with van der Waals surface area (Å²) >= 11 is 6.42. The van der Waals surface area contributed by atoms with Crippen molar-refractivity contribution in [2.45, 2.75) is 63.5 Å². The summed E-state index contributed by atoms with van der Waals surface area (Å²) in [6.45, 7) is 3.56. The van der Waals surface area contributed by atoms with Crippen LogP contribution in [0.1, 0.15) is 70.9 Å². The third-order valence-corrected chi connectivity index (χ3v) is 11.6. The quantitative estimate of drug-likeness (QED) is 0.245. The van der Waals surface area contributed by atoms with Crippen LogP contribution in [0, 0.1) is 17.8 Å². The number of hydrogen-bond acceptors (Lipinski definition) is 8. The highest BCUT2D eigenvalue weighted by atomic mass is 35.5. The number of benzene rings is 2. The number of anilines is 1. The fourth-order valence-corrected chi connectivity index (χ4v) is 8.32. The molecule has 2 aliphatic heterocycles. The molecule has 2 bridgehead atoms. The number of carbonyl (C=O) groups excluding carboxylic acids is 2. The van der Waals surface area contributed by atoms with Gasteiger partial charge in [-0.2, -0.15) is 4.36 Å². The highest BCUT2D eigenvalue weighted by Gasteiger charge is 2.37. The second-order valence-electron chi connectivity index (χ2n) is 13.3. The number of amides is 2. The summed E-state index contributed by atoms with van der Waals surface area (Å²) in [5.74, 6) is -0.527. The second kappa shape index (κ2) is 15.3. The maximum absolute atomic E-state index is 13.9. The molecule has 49 heavy (non-hydrogen) atoms. The maximum Gasteiger partial charge on any atom is 0.285 e. The zero-order valence-corrected chi connectivity index (χ0v) is 29.7. The number of methoxy groups -OCH3 is 1. The van der Waals surface area contributed by atoms with E-state index in [1.807, 2.05) is 25.1 Å². The summed E-state index contributed by atoms with van der Waals surface area (Å²) in [6.07, 6.45) is 9.44. The van der Waals surface area contributed by atoms with E-state index in [0.29, 0.717) is 36.9 Å². The normalized spacial score (nSPS) is 27.1. The molecule has 0 spiro atoms. The lowest BCUT2D eigenvalue weighted by molar-refractivity contribution is 0.0459. The largest absolute Gasteiger partial charge is 0.491 e. The molecule has 11 nitrogen and oxygen atoms in total. The Hall–Kier alpha value is -3.87. The molecule has 3 aliphatic rings. The Balaban J connectivity index is 1.41. The number of carbonyl (C=O) groups is 2. The van der Waals surface area contributed by atoms with Gasteiger partial charge in [0, 0.05) is 36.9 Å². The molecule has 1 aliphatic carbocycles. The number of hydrogen-bond donors (Lipinski definition) is 3. The van der Waals surface area contributed by atoms with Crippen LogP contribution in [0.25, 0.3) is 0 Å². The van der Waals surface area contributed by atoms with Gasteiger partial charge in [0.15, 0.2) is 0 Å². The van der Waals surface area contributed by atoms with E-state index >= 15 is 0 Å². The molecule has 0 saturated heterocycles. The molecular weight excluding hydrogens is 666 g/mol. The summed E-state index contributed by atoms with van der Waals surface area (Å²) in [7, 11) is 0.470. The number of thiol groups is 1. The summed E-state index contributed by atoms with van der Waals surface area (Å²) in [4.78, 5) is 29.4. The van der Waals surface area contributed by atoms with Crippen LogP contribution in [-0.2, 0) is 30.6 Å². The maximum atomic E-state index is 13.9. The third kappa shape index (κ3) is 7.97. The monoisotopic (exact) mass is 709 g/mol. The van der Waals surface area contributed by atoms with Crippen LogP contribution < -0.4 is 19.7 Å². The number of allylic oxidation sites excluding steroid dienone is 1. The molecule has 1 aromatic heterocycles. The summed E-state index contributed by atoms with van der Waals surface area (Å²) in [5, 5.41) is 18.0. The topological polar surface area (TPSA) is 135 Å². The molecule has 262 valence electrons. The SMILES string of the molecule is COc1nn(C)cc1C(=O)NC1[C@@H](C)C/C=C/[C@H](O)[C@@H]2CC[C@H]2CN2Cc3ccc(Cl)cc3CCCCOc3ccc(cc32)C(=O)/N=[SH]/1=O. The van der Waals surface area contributed by atoms with E-state index in [1.165, 1.54) is 23.6 Å². The Labute approximate surface area is 293 Å². The number of nitrogens with zero attached hydrogens (tertiary/aromatic N) is 4. The van der Waals surface area contributed by atoms with Crippen LogP contribution in [-0.4, -0.2) is 62.6 Å². The average Bonchev–Trinajstić information content (AvgIpc) is 3.44.